The van der Waals surface area contributed by atoms with E-state index in [2.05, 4.69) is 39.6 Å². The first kappa shape index (κ1) is 15.5. The molecule has 0 rings (SSSR count). The maximum atomic E-state index is 4.02. The minimum Gasteiger partial charge on any atom is -0.389 e. The van der Waals surface area contributed by atoms with Crippen molar-refractivity contribution in [3.63, 3.8) is 0 Å². The number of hydrogen-bond donors (Lipinski definition) is 1. The fourth-order valence-corrected chi connectivity index (χ4v) is 1.97. The lowest BCUT2D eigenvalue weighted by atomic mass is 9.94. The molecule has 0 heterocycles. The third kappa shape index (κ3) is 7.78. The Hall–Kier alpha value is -0.460. The van der Waals surface area contributed by atoms with Crippen molar-refractivity contribution in [1.82, 2.24) is 5.32 Å². The number of rotatable bonds is 10. The molecule has 0 spiro atoms. The van der Waals surface area contributed by atoms with Gasteiger partial charge in [0.2, 0.25) is 0 Å². The standard InChI is InChI=1S/C15H31N/c1-6-10-15(7-2)11-8-9-12-16-14(5)13(3)4/h13,15-16H,5-12H2,1-4H3. The molecular formula is C15H31N. The molecule has 0 aliphatic heterocycles. The van der Waals surface area contributed by atoms with Gasteiger partial charge in [0, 0.05) is 12.2 Å². The smallest absolute Gasteiger partial charge is 0.0143 e. The van der Waals surface area contributed by atoms with E-state index in [9.17, 15) is 0 Å². The second-order valence-corrected chi connectivity index (χ2v) is 5.17. The highest BCUT2D eigenvalue weighted by molar-refractivity contribution is 4.93. The van der Waals surface area contributed by atoms with Crippen molar-refractivity contribution < 1.29 is 0 Å². The zero-order valence-corrected chi connectivity index (χ0v) is 11.8. The monoisotopic (exact) mass is 225 g/mol. The minimum atomic E-state index is 0.559. The van der Waals surface area contributed by atoms with E-state index in [1.807, 2.05) is 0 Å². The van der Waals surface area contributed by atoms with Gasteiger partial charge in [-0.05, 0) is 18.3 Å². The first-order chi connectivity index (χ1) is 7.61. The highest BCUT2D eigenvalue weighted by atomic mass is 14.9. The van der Waals surface area contributed by atoms with Crippen molar-refractivity contribution in [2.75, 3.05) is 6.54 Å². The van der Waals surface area contributed by atoms with Gasteiger partial charge in [0.1, 0.15) is 0 Å². The van der Waals surface area contributed by atoms with Gasteiger partial charge in [-0.1, -0.05) is 66.4 Å². The van der Waals surface area contributed by atoms with Crippen molar-refractivity contribution in [2.24, 2.45) is 11.8 Å². The number of allylic oxidation sites excluding steroid dienone is 1. The summed E-state index contributed by atoms with van der Waals surface area (Å²) in [6.45, 7) is 14.1. The molecule has 0 saturated heterocycles. The average Bonchev–Trinajstić information content (AvgIpc) is 2.26. The molecule has 96 valence electrons. The largest absolute Gasteiger partial charge is 0.389 e. The summed E-state index contributed by atoms with van der Waals surface area (Å²) >= 11 is 0. The average molecular weight is 225 g/mol. The highest BCUT2D eigenvalue weighted by Crippen LogP contribution is 2.17. The Kier molecular flexibility index (Phi) is 9.46. The van der Waals surface area contributed by atoms with E-state index in [4.69, 9.17) is 0 Å². The SMILES string of the molecule is C=C(NCCCCC(CC)CCC)C(C)C. The molecule has 0 aromatic carbocycles. The third-order valence-corrected chi connectivity index (χ3v) is 3.36. The van der Waals surface area contributed by atoms with Crippen LogP contribution in [0.4, 0.5) is 0 Å². The molecule has 1 atom stereocenters. The molecule has 1 unspecified atom stereocenters. The Morgan fingerprint density at radius 2 is 1.81 bits per heavy atom. The van der Waals surface area contributed by atoms with Crippen LogP contribution in [0.25, 0.3) is 0 Å². The Morgan fingerprint density at radius 1 is 1.12 bits per heavy atom. The van der Waals surface area contributed by atoms with E-state index in [0.29, 0.717) is 5.92 Å². The summed E-state index contributed by atoms with van der Waals surface area (Å²) in [5.74, 6) is 1.52. The van der Waals surface area contributed by atoms with Gasteiger partial charge in [0.25, 0.3) is 0 Å². The first-order valence-electron chi connectivity index (χ1n) is 7.04. The fourth-order valence-electron chi connectivity index (χ4n) is 1.97. The maximum absolute atomic E-state index is 4.02. The lowest BCUT2D eigenvalue weighted by Crippen LogP contribution is -2.17. The second-order valence-electron chi connectivity index (χ2n) is 5.17. The van der Waals surface area contributed by atoms with E-state index in [1.54, 1.807) is 0 Å². The minimum absolute atomic E-state index is 0.559. The predicted octanol–water partition coefficient (Wildman–Crippen LogP) is 4.74. The van der Waals surface area contributed by atoms with E-state index in [0.717, 1.165) is 12.5 Å². The Labute approximate surface area is 103 Å². The summed E-state index contributed by atoms with van der Waals surface area (Å²) in [5.41, 5.74) is 1.18. The molecule has 0 bridgehead atoms. The van der Waals surface area contributed by atoms with Crippen molar-refractivity contribution in [3.8, 4) is 0 Å². The quantitative estimate of drug-likeness (QED) is 0.529. The Morgan fingerprint density at radius 3 is 2.31 bits per heavy atom. The summed E-state index contributed by atoms with van der Waals surface area (Å²) in [6, 6.07) is 0. The zero-order chi connectivity index (χ0) is 12.4. The van der Waals surface area contributed by atoms with E-state index in [1.165, 1.54) is 44.2 Å². The van der Waals surface area contributed by atoms with Gasteiger partial charge in [-0.2, -0.15) is 0 Å². The highest BCUT2D eigenvalue weighted by Gasteiger charge is 2.04. The summed E-state index contributed by atoms with van der Waals surface area (Å²) in [5, 5.41) is 3.41. The fraction of sp³-hybridized carbons (Fsp3) is 0.867. The molecule has 0 aromatic rings. The van der Waals surface area contributed by atoms with Crippen LogP contribution in [-0.4, -0.2) is 6.54 Å². The van der Waals surface area contributed by atoms with Gasteiger partial charge in [0.15, 0.2) is 0 Å². The molecule has 0 saturated carbocycles. The Balaban J connectivity index is 3.41. The second kappa shape index (κ2) is 9.74. The van der Waals surface area contributed by atoms with Crippen LogP contribution in [0.5, 0.6) is 0 Å². The molecule has 16 heavy (non-hydrogen) atoms. The third-order valence-electron chi connectivity index (χ3n) is 3.36. The topological polar surface area (TPSA) is 12.0 Å². The molecule has 0 aliphatic rings. The van der Waals surface area contributed by atoms with Gasteiger partial charge < -0.3 is 5.32 Å². The van der Waals surface area contributed by atoms with E-state index in [-0.39, 0.29) is 0 Å². The van der Waals surface area contributed by atoms with Crippen LogP contribution in [0, 0.1) is 11.8 Å². The zero-order valence-electron chi connectivity index (χ0n) is 11.8. The van der Waals surface area contributed by atoms with Crippen molar-refractivity contribution in [1.29, 1.82) is 0 Å². The summed E-state index contributed by atoms with van der Waals surface area (Å²) in [7, 11) is 0. The van der Waals surface area contributed by atoms with Crippen LogP contribution in [0.3, 0.4) is 0 Å². The number of nitrogens with one attached hydrogen (secondary N) is 1. The number of hydrogen-bond acceptors (Lipinski definition) is 1. The molecule has 1 N–H and O–H groups in total. The van der Waals surface area contributed by atoms with Crippen LogP contribution >= 0.6 is 0 Å². The Bertz CT molecular complexity index is 172. The summed E-state index contributed by atoms with van der Waals surface area (Å²) < 4.78 is 0. The predicted molar refractivity (Wildman–Crippen MR) is 74.5 cm³/mol. The van der Waals surface area contributed by atoms with Crippen LogP contribution < -0.4 is 5.32 Å². The molecule has 0 amide bonds. The molecule has 0 aromatic heterocycles. The molecule has 0 aliphatic carbocycles. The molecule has 0 radical (unpaired) electrons. The molecule has 1 heteroatoms. The van der Waals surface area contributed by atoms with Gasteiger partial charge in [-0.15, -0.1) is 0 Å². The van der Waals surface area contributed by atoms with Gasteiger partial charge in [-0.3, -0.25) is 0 Å². The summed E-state index contributed by atoms with van der Waals surface area (Å²) in [4.78, 5) is 0. The van der Waals surface area contributed by atoms with E-state index >= 15 is 0 Å². The van der Waals surface area contributed by atoms with Gasteiger partial charge >= 0.3 is 0 Å². The first-order valence-corrected chi connectivity index (χ1v) is 7.04. The molecular weight excluding hydrogens is 194 g/mol. The van der Waals surface area contributed by atoms with Crippen molar-refractivity contribution in [3.05, 3.63) is 12.3 Å². The molecule has 0 fully saturated rings. The van der Waals surface area contributed by atoms with Crippen LogP contribution in [0.15, 0.2) is 12.3 Å². The van der Waals surface area contributed by atoms with Crippen molar-refractivity contribution >= 4 is 0 Å². The maximum Gasteiger partial charge on any atom is 0.0143 e. The lowest BCUT2D eigenvalue weighted by Gasteiger charge is -2.15. The summed E-state index contributed by atoms with van der Waals surface area (Å²) in [6.07, 6.45) is 8.13. The van der Waals surface area contributed by atoms with Crippen LogP contribution in [0.1, 0.15) is 66.2 Å². The van der Waals surface area contributed by atoms with Crippen LogP contribution in [0.2, 0.25) is 0 Å². The van der Waals surface area contributed by atoms with Crippen LogP contribution in [-0.2, 0) is 0 Å². The van der Waals surface area contributed by atoms with E-state index < -0.39 is 0 Å². The van der Waals surface area contributed by atoms with Crippen molar-refractivity contribution in [2.45, 2.75) is 66.2 Å². The number of unbranched alkanes of at least 4 members (excludes halogenated alkanes) is 1. The van der Waals surface area contributed by atoms with Gasteiger partial charge in [-0.25, -0.2) is 0 Å². The normalized spacial score (nSPS) is 12.8. The van der Waals surface area contributed by atoms with Gasteiger partial charge in [0.05, 0.1) is 0 Å². The molecule has 1 nitrogen and oxygen atoms in total. The lowest BCUT2D eigenvalue weighted by molar-refractivity contribution is 0.411.